The summed E-state index contributed by atoms with van der Waals surface area (Å²) in [7, 11) is 0. The predicted molar refractivity (Wildman–Crippen MR) is 101 cm³/mol. The van der Waals surface area contributed by atoms with Gasteiger partial charge in [0, 0.05) is 22.1 Å². The fraction of sp³-hybridized carbons (Fsp3) is 0.200. The zero-order valence-corrected chi connectivity index (χ0v) is 15.4. The van der Waals surface area contributed by atoms with Crippen molar-refractivity contribution < 1.29 is 4.79 Å². The Kier molecular flexibility index (Phi) is 4.95. The van der Waals surface area contributed by atoms with Crippen LogP contribution in [-0.4, -0.2) is 17.4 Å². The van der Waals surface area contributed by atoms with Crippen molar-refractivity contribution >= 4 is 32.7 Å². The molecule has 0 aliphatic rings. The van der Waals surface area contributed by atoms with Crippen LogP contribution < -0.4 is 5.32 Å². The van der Waals surface area contributed by atoms with E-state index >= 15 is 0 Å². The highest BCUT2D eigenvalue weighted by atomic mass is 79.9. The highest BCUT2D eigenvalue weighted by Crippen LogP contribution is 2.22. The molecule has 0 radical (unpaired) electrons. The van der Waals surface area contributed by atoms with E-state index in [1.54, 1.807) is 0 Å². The largest absolute Gasteiger partial charge is 0.352 e. The first-order chi connectivity index (χ1) is 11.5. The molecule has 0 aliphatic heterocycles. The number of nitrogens with one attached hydrogen (secondary N) is 1. The van der Waals surface area contributed by atoms with Gasteiger partial charge in [-0.2, -0.15) is 0 Å². The van der Waals surface area contributed by atoms with Gasteiger partial charge in [0.2, 0.25) is 0 Å². The number of fused-ring (bicyclic) bond motifs is 1. The van der Waals surface area contributed by atoms with Crippen LogP contribution in [0.4, 0.5) is 0 Å². The van der Waals surface area contributed by atoms with Crippen molar-refractivity contribution in [3.8, 4) is 0 Å². The number of halogens is 1. The van der Waals surface area contributed by atoms with Gasteiger partial charge in [0.25, 0.3) is 5.91 Å². The number of benzene rings is 2. The molecule has 24 heavy (non-hydrogen) atoms. The first-order valence-electron chi connectivity index (χ1n) is 7.93. The van der Waals surface area contributed by atoms with E-state index in [1.165, 1.54) is 11.1 Å². The molecule has 4 heteroatoms. The van der Waals surface area contributed by atoms with Crippen LogP contribution in [0.2, 0.25) is 0 Å². The molecule has 0 atom stereocenters. The molecule has 0 unspecified atom stereocenters. The fourth-order valence-corrected chi connectivity index (χ4v) is 3.05. The van der Waals surface area contributed by atoms with E-state index in [2.05, 4.69) is 57.4 Å². The fourth-order valence-electron chi connectivity index (χ4n) is 2.69. The second-order valence-corrected chi connectivity index (χ2v) is 6.88. The third-order valence-electron chi connectivity index (χ3n) is 3.96. The monoisotopic (exact) mass is 382 g/mol. The molecule has 1 N–H and O–H groups in total. The highest BCUT2D eigenvalue weighted by molar-refractivity contribution is 9.10. The number of pyridine rings is 1. The number of aryl methyl sites for hydroxylation is 2. The Morgan fingerprint density at radius 3 is 2.58 bits per heavy atom. The van der Waals surface area contributed by atoms with Gasteiger partial charge >= 0.3 is 0 Å². The van der Waals surface area contributed by atoms with Gasteiger partial charge in [-0.1, -0.05) is 45.8 Å². The Balaban J connectivity index is 1.76. The first kappa shape index (κ1) is 16.7. The molecule has 2 aromatic carbocycles. The van der Waals surface area contributed by atoms with Crippen molar-refractivity contribution in [2.45, 2.75) is 20.3 Å². The van der Waals surface area contributed by atoms with E-state index in [-0.39, 0.29) is 5.91 Å². The molecule has 3 rings (SSSR count). The van der Waals surface area contributed by atoms with Crippen molar-refractivity contribution in [3.63, 3.8) is 0 Å². The number of amides is 1. The second kappa shape index (κ2) is 7.14. The van der Waals surface area contributed by atoms with E-state index in [9.17, 15) is 4.79 Å². The molecule has 0 saturated carbocycles. The molecule has 0 saturated heterocycles. The average Bonchev–Trinajstić information content (AvgIpc) is 2.56. The smallest absolute Gasteiger partial charge is 0.252 e. The topological polar surface area (TPSA) is 42.0 Å². The molecule has 3 aromatic rings. The van der Waals surface area contributed by atoms with Crippen LogP contribution in [0.15, 0.2) is 53.0 Å². The minimum Gasteiger partial charge on any atom is -0.352 e. The SMILES string of the molecule is Cc1ccc(CCNC(=O)c2cc(C)nc3ccc(Br)cc23)cc1. The maximum atomic E-state index is 12.6. The summed E-state index contributed by atoms with van der Waals surface area (Å²) >= 11 is 3.46. The summed E-state index contributed by atoms with van der Waals surface area (Å²) in [6, 6.07) is 16.0. The van der Waals surface area contributed by atoms with Gasteiger partial charge in [-0.25, -0.2) is 0 Å². The maximum absolute atomic E-state index is 12.6. The summed E-state index contributed by atoms with van der Waals surface area (Å²) in [5.41, 5.74) is 4.81. The van der Waals surface area contributed by atoms with Crippen LogP contribution in [0.25, 0.3) is 10.9 Å². The van der Waals surface area contributed by atoms with Crippen molar-refractivity contribution in [1.82, 2.24) is 10.3 Å². The number of hydrogen-bond donors (Lipinski definition) is 1. The lowest BCUT2D eigenvalue weighted by Crippen LogP contribution is -2.26. The highest BCUT2D eigenvalue weighted by Gasteiger charge is 2.12. The van der Waals surface area contributed by atoms with Crippen LogP contribution in [-0.2, 0) is 6.42 Å². The van der Waals surface area contributed by atoms with Crippen LogP contribution in [0.1, 0.15) is 27.2 Å². The minimum absolute atomic E-state index is 0.0595. The lowest BCUT2D eigenvalue weighted by atomic mass is 10.1. The molecule has 0 fully saturated rings. The molecule has 3 nitrogen and oxygen atoms in total. The molecule has 0 spiro atoms. The van der Waals surface area contributed by atoms with Gasteiger partial charge in [0.15, 0.2) is 0 Å². The van der Waals surface area contributed by atoms with Crippen molar-refractivity contribution in [2.75, 3.05) is 6.54 Å². The molecule has 1 heterocycles. The first-order valence-corrected chi connectivity index (χ1v) is 8.73. The van der Waals surface area contributed by atoms with E-state index in [4.69, 9.17) is 0 Å². The lowest BCUT2D eigenvalue weighted by molar-refractivity contribution is 0.0955. The molecule has 0 aliphatic carbocycles. The number of nitrogens with zero attached hydrogens (tertiary/aromatic N) is 1. The summed E-state index contributed by atoms with van der Waals surface area (Å²) in [5, 5.41) is 3.88. The number of hydrogen-bond acceptors (Lipinski definition) is 2. The van der Waals surface area contributed by atoms with Crippen molar-refractivity contribution in [2.24, 2.45) is 0 Å². The Bertz CT molecular complexity index is 888. The molecule has 0 bridgehead atoms. The normalized spacial score (nSPS) is 10.8. The van der Waals surface area contributed by atoms with Gasteiger partial charge in [0.05, 0.1) is 11.1 Å². The Hall–Kier alpha value is -2.20. The number of carbonyl (C=O) groups excluding carboxylic acids is 1. The molecule has 1 amide bonds. The zero-order chi connectivity index (χ0) is 17.1. The van der Waals surface area contributed by atoms with Crippen LogP contribution >= 0.6 is 15.9 Å². The van der Waals surface area contributed by atoms with Gasteiger partial charge < -0.3 is 5.32 Å². The molecular formula is C20H19BrN2O. The minimum atomic E-state index is -0.0595. The van der Waals surface area contributed by atoms with E-state index in [0.717, 1.165) is 27.5 Å². The lowest BCUT2D eigenvalue weighted by Gasteiger charge is -2.10. The molecule has 1 aromatic heterocycles. The third kappa shape index (κ3) is 3.82. The van der Waals surface area contributed by atoms with Crippen molar-refractivity contribution in [3.05, 3.63) is 75.4 Å². The number of aromatic nitrogens is 1. The summed E-state index contributed by atoms with van der Waals surface area (Å²) in [5.74, 6) is -0.0595. The quantitative estimate of drug-likeness (QED) is 0.716. The van der Waals surface area contributed by atoms with Gasteiger partial charge in [-0.05, 0) is 50.1 Å². The van der Waals surface area contributed by atoms with E-state index in [1.807, 2.05) is 31.2 Å². The van der Waals surface area contributed by atoms with Gasteiger partial charge in [-0.3, -0.25) is 9.78 Å². The standard InChI is InChI=1S/C20H19BrN2O/c1-13-3-5-15(6-4-13)9-10-22-20(24)18-11-14(2)23-19-8-7-16(21)12-17(18)19/h3-8,11-12H,9-10H2,1-2H3,(H,22,24). The Labute approximate surface area is 150 Å². The average molecular weight is 383 g/mol. The maximum Gasteiger partial charge on any atom is 0.252 e. The van der Waals surface area contributed by atoms with Crippen LogP contribution in [0, 0.1) is 13.8 Å². The molecule has 122 valence electrons. The van der Waals surface area contributed by atoms with Gasteiger partial charge in [0.1, 0.15) is 0 Å². The molecular weight excluding hydrogens is 364 g/mol. The zero-order valence-electron chi connectivity index (χ0n) is 13.8. The number of rotatable bonds is 4. The van der Waals surface area contributed by atoms with Crippen molar-refractivity contribution in [1.29, 1.82) is 0 Å². The summed E-state index contributed by atoms with van der Waals surface area (Å²) in [6.07, 6.45) is 0.817. The summed E-state index contributed by atoms with van der Waals surface area (Å²) in [4.78, 5) is 17.1. The van der Waals surface area contributed by atoms with E-state index < -0.39 is 0 Å². The van der Waals surface area contributed by atoms with Crippen LogP contribution in [0.5, 0.6) is 0 Å². The number of carbonyl (C=O) groups is 1. The predicted octanol–water partition coefficient (Wildman–Crippen LogP) is 4.59. The van der Waals surface area contributed by atoms with Crippen LogP contribution in [0.3, 0.4) is 0 Å². The second-order valence-electron chi connectivity index (χ2n) is 5.96. The van der Waals surface area contributed by atoms with E-state index in [0.29, 0.717) is 12.1 Å². The summed E-state index contributed by atoms with van der Waals surface area (Å²) in [6.45, 7) is 4.59. The Morgan fingerprint density at radius 1 is 1.08 bits per heavy atom. The van der Waals surface area contributed by atoms with Gasteiger partial charge in [-0.15, -0.1) is 0 Å². The summed E-state index contributed by atoms with van der Waals surface area (Å²) < 4.78 is 0.939. The Morgan fingerprint density at radius 2 is 1.83 bits per heavy atom. The third-order valence-corrected chi connectivity index (χ3v) is 4.46.